The number of aliphatic hydroxyl groups is 1. The number of aromatic nitrogens is 1. The number of carbonyl (C=O) groups is 1. The molecular formula is C17H19FN2O2S. The Bertz CT molecular complexity index is 701. The summed E-state index contributed by atoms with van der Waals surface area (Å²) in [5.41, 5.74) is 0.990. The van der Waals surface area contributed by atoms with Gasteiger partial charge in [-0.2, -0.15) is 0 Å². The van der Waals surface area contributed by atoms with E-state index in [4.69, 9.17) is 0 Å². The normalized spacial score (nSPS) is 19.1. The molecule has 0 saturated carbocycles. The molecule has 2 aromatic rings. The third-order valence-corrected chi connectivity index (χ3v) is 5.11. The molecule has 1 aromatic heterocycles. The summed E-state index contributed by atoms with van der Waals surface area (Å²) in [5.74, 6) is -0.227. The lowest BCUT2D eigenvalue weighted by molar-refractivity contribution is 0.0757. The van der Waals surface area contributed by atoms with Crippen LogP contribution in [0, 0.1) is 11.7 Å². The third kappa shape index (κ3) is 3.59. The average Bonchev–Trinajstić information content (AvgIpc) is 3.18. The molecule has 0 radical (unpaired) electrons. The van der Waals surface area contributed by atoms with Crippen molar-refractivity contribution >= 4 is 17.2 Å². The molecule has 1 aromatic carbocycles. The van der Waals surface area contributed by atoms with Crippen molar-refractivity contribution in [3.63, 3.8) is 0 Å². The minimum Gasteiger partial charge on any atom is -0.393 e. The summed E-state index contributed by atoms with van der Waals surface area (Å²) in [7, 11) is 0. The van der Waals surface area contributed by atoms with Crippen molar-refractivity contribution in [1.29, 1.82) is 0 Å². The van der Waals surface area contributed by atoms with Crippen LogP contribution < -0.4 is 0 Å². The number of benzene rings is 1. The third-order valence-electron chi connectivity index (χ3n) is 4.26. The van der Waals surface area contributed by atoms with Gasteiger partial charge in [-0.15, -0.1) is 11.3 Å². The molecule has 2 heterocycles. The van der Waals surface area contributed by atoms with E-state index in [1.54, 1.807) is 35.4 Å². The number of likely N-dealkylation sites (tertiary alicyclic amines) is 1. The molecular weight excluding hydrogens is 315 g/mol. The summed E-state index contributed by atoms with van der Waals surface area (Å²) in [6, 6.07) is 6.60. The minimum atomic E-state index is -0.403. The molecule has 4 nitrogen and oxygen atoms in total. The van der Waals surface area contributed by atoms with E-state index in [0.29, 0.717) is 30.8 Å². The van der Waals surface area contributed by atoms with Crippen molar-refractivity contribution in [2.45, 2.75) is 25.9 Å². The molecule has 6 heteroatoms. The second-order valence-electron chi connectivity index (χ2n) is 5.94. The van der Waals surface area contributed by atoms with E-state index in [0.717, 1.165) is 11.4 Å². The van der Waals surface area contributed by atoms with Gasteiger partial charge < -0.3 is 10.0 Å². The maximum absolute atomic E-state index is 13.7. The lowest BCUT2D eigenvalue weighted by Gasteiger charge is -2.16. The summed E-state index contributed by atoms with van der Waals surface area (Å²) in [6.07, 6.45) is 0.802. The fourth-order valence-corrected chi connectivity index (χ4v) is 3.61. The van der Waals surface area contributed by atoms with Crippen LogP contribution in [0.25, 0.3) is 0 Å². The van der Waals surface area contributed by atoms with Crippen LogP contribution in [-0.4, -0.2) is 40.1 Å². The number of amides is 1. The van der Waals surface area contributed by atoms with Crippen molar-refractivity contribution in [2.75, 3.05) is 13.1 Å². The number of thiazole rings is 1. The summed E-state index contributed by atoms with van der Waals surface area (Å²) in [4.78, 5) is 18.6. The molecule has 1 saturated heterocycles. The van der Waals surface area contributed by atoms with Gasteiger partial charge in [0.25, 0.3) is 5.91 Å². The zero-order valence-electron chi connectivity index (χ0n) is 12.9. The number of nitrogens with zero attached hydrogens (tertiary/aromatic N) is 2. The Hall–Kier alpha value is -1.79. The molecule has 3 rings (SSSR count). The van der Waals surface area contributed by atoms with Crippen LogP contribution in [0.15, 0.2) is 29.6 Å². The molecule has 1 aliphatic rings. The van der Waals surface area contributed by atoms with Crippen molar-refractivity contribution in [3.05, 3.63) is 51.7 Å². The quantitative estimate of drug-likeness (QED) is 0.935. The highest BCUT2D eigenvalue weighted by Crippen LogP contribution is 2.23. The topological polar surface area (TPSA) is 53.4 Å². The summed E-state index contributed by atoms with van der Waals surface area (Å²) >= 11 is 1.37. The number of carbonyl (C=O) groups excluding carboxylic acids is 1. The van der Waals surface area contributed by atoms with Gasteiger partial charge in [0.15, 0.2) is 0 Å². The van der Waals surface area contributed by atoms with E-state index in [-0.39, 0.29) is 17.6 Å². The lowest BCUT2D eigenvalue weighted by atomic mass is 10.0. The highest BCUT2D eigenvalue weighted by atomic mass is 32.1. The van der Waals surface area contributed by atoms with Gasteiger partial charge in [0.1, 0.15) is 11.5 Å². The van der Waals surface area contributed by atoms with Crippen molar-refractivity contribution in [3.8, 4) is 0 Å². The second-order valence-corrected chi connectivity index (χ2v) is 6.88. The fraction of sp³-hybridized carbons (Fsp3) is 0.412. The van der Waals surface area contributed by atoms with E-state index >= 15 is 0 Å². The Balaban J connectivity index is 1.67. The molecule has 1 amide bonds. The van der Waals surface area contributed by atoms with Gasteiger partial charge in [-0.25, -0.2) is 9.37 Å². The fourth-order valence-electron chi connectivity index (χ4n) is 2.82. The van der Waals surface area contributed by atoms with Gasteiger partial charge in [0, 0.05) is 30.8 Å². The number of hydrogen-bond donors (Lipinski definition) is 1. The van der Waals surface area contributed by atoms with Crippen LogP contribution in [0.1, 0.15) is 34.4 Å². The van der Waals surface area contributed by atoms with Crippen molar-refractivity contribution in [2.24, 2.45) is 5.92 Å². The van der Waals surface area contributed by atoms with Crippen molar-refractivity contribution < 1.29 is 14.3 Å². The van der Waals surface area contributed by atoms with Crippen LogP contribution in [0.2, 0.25) is 0 Å². The first-order chi connectivity index (χ1) is 11.0. The zero-order chi connectivity index (χ0) is 16.4. The first-order valence-corrected chi connectivity index (χ1v) is 8.57. The molecule has 0 spiro atoms. The standard InChI is InChI=1S/C17H19FN2O2S/c1-11(21)13-6-7-20(9-13)17(22)15-10-23-16(19-15)8-12-4-2-3-5-14(12)18/h2-5,10-11,13,21H,6-9H2,1H3. The highest BCUT2D eigenvalue weighted by Gasteiger charge is 2.30. The monoisotopic (exact) mass is 334 g/mol. The number of rotatable bonds is 4. The van der Waals surface area contributed by atoms with Gasteiger partial charge in [-0.05, 0) is 25.0 Å². The van der Waals surface area contributed by atoms with Crippen LogP contribution in [-0.2, 0) is 6.42 Å². The van der Waals surface area contributed by atoms with Gasteiger partial charge in [0.2, 0.25) is 0 Å². The Morgan fingerprint density at radius 3 is 3.00 bits per heavy atom. The summed E-state index contributed by atoms with van der Waals surface area (Å²) < 4.78 is 13.7. The summed E-state index contributed by atoms with van der Waals surface area (Å²) in [5, 5.41) is 12.1. The maximum atomic E-state index is 13.7. The van der Waals surface area contributed by atoms with Crippen LogP contribution in [0.5, 0.6) is 0 Å². The minimum absolute atomic E-state index is 0.107. The Labute approximate surface area is 138 Å². The average molecular weight is 334 g/mol. The van der Waals surface area contributed by atoms with E-state index in [1.807, 2.05) is 0 Å². The Morgan fingerprint density at radius 1 is 1.52 bits per heavy atom. The Kier molecular flexibility index (Phi) is 4.73. The van der Waals surface area contributed by atoms with E-state index in [1.165, 1.54) is 17.4 Å². The molecule has 1 N–H and O–H groups in total. The van der Waals surface area contributed by atoms with Gasteiger partial charge in [-0.1, -0.05) is 18.2 Å². The molecule has 2 unspecified atom stereocenters. The van der Waals surface area contributed by atoms with Crippen LogP contribution in [0.4, 0.5) is 4.39 Å². The van der Waals surface area contributed by atoms with Crippen LogP contribution >= 0.6 is 11.3 Å². The molecule has 0 bridgehead atoms. The molecule has 0 aliphatic carbocycles. The summed E-state index contributed by atoms with van der Waals surface area (Å²) in [6.45, 7) is 2.97. The molecule has 1 fully saturated rings. The SMILES string of the molecule is CC(O)C1CCN(C(=O)c2csc(Cc3ccccc3F)n2)C1. The maximum Gasteiger partial charge on any atom is 0.273 e. The highest BCUT2D eigenvalue weighted by molar-refractivity contribution is 7.09. The van der Waals surface area contributed by atoms with Crippen molar-refractivity contribution in [1.82, 2.24) is 9.88 Å². The first-order valence-electron chi connectivity index (χ1n) is 7.69. The van der Waals surface area contributed by atoms with E-state index in [2.05, 4.69) is 4.98 Å². The van der Waals surface area contributed by atoms with Gasteiger partial charge in [-0.3, -0.25) is 4.79 Å². The van der Waals surface area contributed by atoms with Gasteiger partial charge in [0.05, 0.1) is 11.1 Å². The second kappa shape index (κ2) is 6.76. The molecule has 122 valence electrons. The molecule has 23 heavy (non-hydrogen) atoms. The molecule has 1 aliphatic heterocycles. The first kappa shape index (κ1) is 16.1. The molecule has 2 atom stereocenters. The lowest BCUT2D eigenvalue weighted by Crippen LogP contribution is -2.30. The number of hydrogen-bond acceptors (Lipinski definition) is 4. The predicted molar refractivity (Wildman–Crippen MR) is 87.0 cm³/mol. The zero-order valence-corrected chi connectivity index (χ0v) is 13.7. The largest absolute Gasteiger partial charge is 0.393 e. The predicted octanol–water partition coefficient (Wildman–Crippen LogP) is 2.72. The number of aliphatic hydroxyl groups excluding tert-OH is 1. The smallest absolute Gasteiger partial charge is 0.273 e. The van der Waals surface area contributed by atoms with E-state index in [9.17, 15) is 14.3 Å². The Morgan fingerprint density at radius 2 is 2.30 bits per heavy atom. The number of halogens is 1. The van der Waals surface area contributed by atoms with Gasteiger partial charge >= 0.3 is 0 Å². The van der Waals surface area contributed by atoms with E-state index < -0.39 is 6.10 Å². The van der Waals surface area contributed by atoms with Crippen LogP contribution in [0.3, 0.4) is 0 Å².